The van der Waals surface area contributed by atoms with Crippen LogP contribution >= 0.6 is 34.5 Å². The standard InChI is InChI=1S/C11H7Cl2N3O3S/c1-4-2-7(20-8(4)11(18)19)14-10(17)5-3-6(12)15-16-9(5)13/h2-3H,1H3,(H,14,17)(H,18,19). The van der Waals surface area contributed by atoms with Gasteiger partial charge in [-0.25, -0.2) is 4.79 Å². The molecular weight excluding hydrogens is 325 g/mol. The Morgan fingerprint density at radius 2 is 2.00 bits per heavy atom. The number of aryl methyl sites for hydroxylation is 1. The number of hydrogen-bond acceptors (Lipinski definition) is 5. The van der Waals surface area contributed by atoms with Crippen LogP contribution in [-0.2, 0) is 0 Å². The van der Waals surface area contributed by atoms with Crippen molar-refractivity contribution in [2.24, 2.45) is 0 Å². The van der Waals surface area contributed by atoms with Gasteiger partial charge in [0.25, 0.3) is 5.91 Å². The number of aromatic nitrogens is 2. The van der Waals surface area contributed by atoms with Crippen molar-refractivity contribution >= 4 is 51.4 Å². The Morgan fingerprint density at radius 1 is 1.30 bits per heavy atom. The maximum Gasteiger partial charge on any atom is 0.346 e. The van der Waals surface area contributed by atoms with Gasteiger partial charge in [-0.05, 0) is 24.6 Å². The number of thiophene rings is 1. The van der Waals surface area contributed by atoms with E-state index in [-0.39, 0.29) is 20.7 Å². The fraction of sp³-hybridized carbons (Fsp3) is 0.0909. The van der Waals surface area contributed by atoms with Crippen LogP contribution in [0.2, 0.25) is 10.3 Å². The Balaban J connectivity index is 2.26. The normalized spacial score (nSPS) is 10.3. The van der Waals surface area contributed by atoms with Gasteiger partial charge in [0.1, 0.15) is 4.88 Å². The molecule has 0 aliphatic carbocycles. The fourth-order valence-corrected chi connectivity index (χ4v) is 2.68. The van der Waals surface area contributed by atoms with E-state index in [2.05, 4.69) is 15.5 Å². The van der Waals surface area contributed by atoms with Crippen LogP contribution in [0.15, 0.2) is 12.1 Å². The summed E-state index contributed by atoms with van der Waals surface area (Å²) in [6.45, 7) is 1.65. The van der Waals surface area contributed by atoms with Crippen LogP contribution < -0.4 is 5.32 Å². The Kier molecular flexibility index (Phi) is 4.22. The summed E-state index contributed by atoms with van der Waals surface area (Å²) in [4.78, 5) is 23.1. The maximum atomic E-state index is 12.0. The van der Waals surface area contributed by atoms with E-state index in [4.69, 9.17) is 28.3 Å². The third-order valence-electron chi connectivity index (χ3n) is 2.31. The smallest absolute Gasteiger partial charge is 0.346 e. The Bertz CT molecular complexity index is 702. The largest absolute Gasteiger partial charge is 0.477 e. The first-order valence-corrected chi connectivity index (χ1v) is 6.79. The van der Waals surface area contributed by atoms with E-state index in [1.165, 1.54) is 6.07 Å². The van der Waals surface area contributed by atoms with Crippen LogP contribution in [0.5, 0.6) is 0 Å². The molecule has 0 saturated heterocycles. The quantitative estimate of drug-likeness (QED) is 0.901. The highest BCUT2D eigenvalue weighted by Gasteiger charge is 2.17. The number of carbonyl (C=O) groups is 2. The molecule has 0 aliphatic heterocycles. The molecule has 0 fully saturated rings. The second kappa shape index (κ2) is 5.74. The van der Waals surface area contributed by atoms with E-state index in [1.54, 1.807) is 13.0 Å². The summed E-state index contributed by atoms with van der Waals surface area (Å²) in [5.74, 6) is -1.58. The number of halogens is 2. The van der Waals surface area contributed by atoms with Crippen LogP contribution in [0.3, 0.4) is 0 Å². The molecule has 2 N–H and O–H groups in total. The molecule has 0 atom stereocenters. The van der Waals surface area contributed by atoms with Gasteiger partial charge in [-0.15, -0.1) is 21.5 Å². The van der Waals surface area contributed by atoms with E-state index in [9.17, 15) is 9.59 Å². The van der Waals surface area contributed by atoms with Gasteiger partial charge in [0.05, 0.1) is 10.6 Å². The molecule has 2 heterocycles. The molecule has 0 saturated carbocycles. The highest BCUT2D eigenvalue weighted by Crippen LogP contribution is 2.27. The summed E-state index contributed by atoms with van der Waals surface area (Å²) >= 11 is 12.4. The monoisotopic (exact) mass is 331 g/mol. The molecule has 20 heavy (non-hydrogen) atoms. The third kappa shape index (κ3) is 3.06. The van der Waals surface area contributed by atoms with Crippen LogP contribution in [0.1, 0.15) is 25.6 Å². The first-order valence-electron chi connectivity index (χ1n) is 5.22. The molecule has 0 aromatic carbocycles. The van der Waals surface area contributed by atoms with Gasteiger partial charge in [0, 0.05) is 0 Å². The second-order valence-corrected chi connectivity index (χ2v) is 5.55. The highest BCUT2D eigenvalue weighted by molar-refractivity contribution is 7.18. The molecule has 2 aromatic heterocycles. The number of carboxylic acids is 1. The number of carbonyl (C=O) groups excluding carboxylic acids is 1. The number of nitrogens with one attached hydrogen (secondary N) is 1. The lowest BCUT2D eigenvalue weighted by Crippen LogP contribution is -2.12. The Labute approximate surface area is 127 Å². The predicted molar refractivity (Wildman–Crippen MR) is 76.0 cm³/mol. The van der Waals surface area contributed by atoms with Crippen LogP contribution in [0.25, 0.3) is 0 Å². The van der Waals surface area contributed by atoms with E-state index >= 15 is 0 Å². The van der Waals surface area contributed by atoms with Gasteiger partial charge in [-0.3, -0.25) is 4.79 Å². The first-order chi connectivity index (χ1) is 9.38. The number of anilines is 1. The van der Waals surface area contributed by atoms with Gasteiger partial charge < -0.3 is 10.4 Å². The van der Waals surface area contributed by atoms with Crippen molar-refractivity contribution < 1.29 is 14.7 Å². The minimum Gasteiger partial charge on any atom is -0.477 e. The molecular formula is C11H7Cl2N3O3S. The van der Waals surface area contributed by atoms with Gasteiger partial charge in [-0.1, -0.05) is 23.2 Å². The average molecular weight is 332 g/mol. The van der Waals surface area contributed by atoms with Crippen molar-refractivity contribution in [3.8, 4) is 0 Å². The first kappa shape index (κ1) is 14.7. The zero-order chi connectivity index (χ0) is 14.9. The summed E-state index contributed by atoms with van der Waals surface area (Å²) in [6.07, 6.45) is 0. The van der Waals surface area contributed by atoms with Gasteiger partial charge in [0.15, 0.2) is 10.3 Å². The topological polar surface area (TPSA) is 92.2 Å². The van der Waals surface area contributed by atoms with E-state index in [1.807, 2.05) is 0 Å². The summed E-state index contributed by atoms with van der Waals surface area (Å²) in [6, 6.07) is 2.85. The van der Waals surface area contributed by atoms with Crippen molar-refractivity contribution in [1.29, 1.82) is 0 Å². The number of aromatic carboxylic acids is 1. The molecule has 0 spiro atoms. The summed E-state index contributed by atoms with van der Waals surface area (Å²) < 4.78 is 0. The van der Waals surface area contributed by atoms with Gasteiger partial charge >= 0.3 is 5.97 Å². The minimum atomic E-state index is -1.04. The lowest BCUT2D eigenvalue weighted by molar-refractivity contribution is 0.0701. The third-order valence-corrected chi connectivity index (χ3v) is 3.92. The van der Waals surface area contributed by atoms with Crippen LogP contribution in [0.4, 0.5) is 5.00 Å². The van der Waals surface area contributed by atoms with Crippen molar-refractivity contribution in [2.45, 2.75) is 6.92 Å². The summed E-state index contributed by atoms with van der Waals surface area (Å²) in [7, 11) is 0. The number of rotatable bonds is 3. The summed E-state index contributed by atoms with van der Waals surface area (Å²) in [5.41, 5.74) is 0.629. The lowest BCUT2D eigenvalue weighted by Gasteiger charge is -2.03. The van der Waals surface area contributed by atoms with Crippen molar-refractivity contribution in [3.63, 3.8) is 0 Å². The molecule has 2 rings (SSSR count). The minimum absolute atomic E-state index is 0.0353. The maximum absolute atomic E-state index is 12.0. The summed E-state index contributed by atoms with van der Waals surface area (Å²) in [5, 5.41) is 18.9. The number of nitrogens with zero attached hydrogens (tertiary/aromatic N) is 2. The fourth-order valence-electron chi connectivity index (χ4n) is 1.45. The molecule has 104 valence electrons. The molecule has 2 aromatic rings. The zero-order valence-corrected chi connectivity index (χ0v) is 12.3. The molecule has 0 aliphatic rings. The molecule has 9 heteroatoms. The number of hydrogen-bond donors (Lipinski definition) is 2. The van der Waals surface area contributed by atoms with E-state index in [0.29, 0.717) is 10.6 Å². The van der Waals surface area contributed by atoms with Crippen LogP contribution in [0, 0.1) is 6.92 Å². The number of carboxylic acid groups (broad SMARTS) is 1. The van der Waals surface area contributed by atoms with Crippen molar-refractivity contribution in [2.75, 3.05) is 5.32 Å². The Hall–Kier alpha value is -1.70. The SMILES string of the molecule is Cc1cc(NC(=O)c2cc(Cl)nnc2Cl)sc1C(=O)O. The van der Waals surface area contributed by atoms with Crippen LogP contribution in [-0.4, -0.2) is 27.2 Å². The average Bonchev–Trinajstić information content (AvgIpc) is 2.73. The predicted octanol–water partition coefficient (Wildman–Crippen LogP) is 3.10. The second-order valence-electron chi connectivity index (χ2n) is 3.75. The number of amides is 1. The van der Waals surface area contributed by atoms with Gasteiger partial charge in [0.2, 0.25) is 0 Å². The Morgan fingerprint density at radius 3 is 2.60 bits per heavy atom. The molecule has 0 bridgehead atoms. The molecule has 6 nitrogen and oxygen atoms in total. The molecule has 1 amide bonds. The lowest BCUT2D eigenvalue weighted by atomic mass is 10.3. The van der Waals surface area contributed by atoms with Gasteiger partial charge in [-0.2, -0.15) is 0 Å². The molecule has 0 radical (unpaired) electrons. The highest BCUT2D eigenvalue weighted by atomic mass is 35.5. The van der Waals surface area contributed by atoms with E-state index in [0.717, 1.165) is 11.3 Å². The van der Waals surface area contributed by atoms with E-state index < -0.39 is 11.9 Å². The van der Waals surface area contributed by atoms with Crippen molar-refractivity contribution in [3.05, 3.63) is 38.4 Å². The zero-order valence-electron chi connectivity index (χ0n) is 9.98. The van der Waals surface area contributed by atoms with Crippen molar-refractivity contribution in [1.82, 2.24) is 10.2 Å². The molecule has 0 unspecified atom stereocenters.